The predicted octanol–water partition coefficient (Wildman–Crippen LogP) is 6.71. The first-order valence-corrected chi connectivity index (χ1v) is 12.6. The van der Waals surface area contributed by atoms with Crippen LogP contribution in [0.5, 0.6) is 5.75 Å². The lowest BCUT2D eigenvalue weighted by Crippen LogP contribution is -2.32. The van der Waals surface area contributed by atoms with E-state index in [1.807, 2.05) is 26.0 Å². The van der Waals surface area contributed by atoms with Gasteiger partial charge in [-0.05, 0) is 90.6 Å². The molecule has 0 heterocycles. The van der Waals surface area contributed by atoms with E-state index in [4.69, 9.17) is 9.84 Å². The summed E-state index contributed by atoms with van der Waals surface area (Å²) in [4.78, 5) is 22.8. The number of aryl methyl sites for hydroxylation is 2. The number of alkyl halides is 3. The van der Waals surface area contributed by atoms with Gasteiger partial charge in [-0.15, -0.1) is 0 Å². The minimum Gasteiger partial charge on any atom is -0.491 e. The molecule has 39 heavy (non-hydrogen) atoms. The number of hydrogen-bond donors (Lipinski definition) is 3. The molecule has 6 nitrogen and oxygen atoms in total. The Morgan fingerprint density at radius 3 is 2.05 bits per heavy atom. The molecule has 0 aliphatic heterocycles. The highest BCUT2D eigenvalue weighted by Crippen LogP contribution is 2.34. The van der Waals surface area contributed by atoms with E-state index in [-0.39, 0.29) is 30.8 Å². The number of rotatable bonds is 11. The monoisotopic (exact) mass is 542 g/mol. The van der Waals surface area contributed by atoms with Gasteiger partial charge in [0.05, 0.1) is 18.0 Å². The molecule has 0 fully saturated rings. The van der Waals surface area contributed by atoms with Crippen LogP contribution >= 0.6 is 0 Å². The van der Waals surface area contributed by atoms with Crippen LogP contribution in [0.25, 0.3) is 11.1 Å². The van der Waals surface area contributed by atoms with Crippen molar-refractivity contribution in [1.82, 2.24) is 5.32 Å². The average Bonchev–Trinajstić information content (AvgIpc) is 2.86. The third-order valence-electron chi connectivity index (χ3n) is 6.36. The van der Waals surface area contributed by atoms with Crippen LogP contribution in [0, 0.1) is 19.8 Å². The standard InChI is InChI=1S/C30H33F3N2O4/c1-18(2)26(35-24-11-7-22(8-12-24)29(38)34-14-13-27(36)37)17-39-25-15-19(3)28(20(4)16-25)21-5-9-23(10-6-21)30(31,32)33/h5-12,15-16,18,26,35H,13-14,17H2,1-4H3,(H,34,38)(H,36,37). The first kappa shape index (κ1) is 29.5. The number of hydrogen-bond acceptors (Lipinski definition) is 4. The molecule has 0 radical (unpaired) electrons. The second kappa shape index (κ2) is 12.7. The molecule has 1 unspecified atom stereocenters. The Labute approximate surface area is 226 Å². The molecule has 3 aromatic carbocycles. The lowest BCUT2D eigenvalue weighted by molar-refractivity contribution is -0.138. The largest absolute Gasteiger partial charge is 0.491 e. The van der Waals surface area contributed by atoms with Crippen molar-refractivity contribution in [3.8, 4) is 16.9 Å². The summed E-state index contributed by atoms with van der Waals surface area (Å²) in [6, 6.07) is 15.8. The van der Waals surface area contributed by atoms with Gasteiger partial charge in [-0.2, -0.15) is 13.2 Å². The Bertz CT molecular complexity index is 1260. The fraction of sp³-hybridized carbons (Fsp3) is 0.333. The summed E-state index contributed by atoms with van der Waals surface area (Å²) in [5, 5.41) is 14.7. The van der Waals surface area contributed by atoms with Crippen molar-refractivity contribution >= 4 is 17.6 Å². The van der Waals surface area contributed by atoms with Crippen molar-refractivity contribution in [2.24, 2.45) is 5.92 Å². The molecule has 9 heteroatoms. The van der Waals surface area contributed by atoms with Crippen LogP contribution < -0.4 is 15.4 Å². The summed E-state index contributed by atoms with van der Waals surface area (Å²) < 4.78 is 44.9. The zero-order valence-corrected chi connectivity index (χ0v) is 22.4. The molecular weight excluding hydrogens is 509 g/mol. The summed E-state index contributed by atoms with van der Waals surface area (Å²) in [6.07, 6.45) is -4.51. The summed E-state index contributed by atoms with van der Waals surface area (Å²) >= 11 is 0. The van der Waals surface area contributed by atoms with Crippen LogP contribution in [0.2, 0.25) is 0 Å². The number of halogens is 3. The molecule has 0 aliphatic rings. The van der Waals surface area contributed by atoms with Gasteiger partial charge >= 0.3 is 12.1 Å². The zero-order valence-electron chi connectivity index (χ0n) is 22.4. The van der Waals surface area contributed by atoms with E-state index in [2.05, 4.69) is 24.5 Å². The molecule has 0 bridgehead atoms. The van der Waals surface area contributed by atoms with Gasteiger partial charge < -0.3 is 20.5 Å². The smallest absolute Gasteiger partial charge is 0.416 e. The molecule has 1 atom stereocenters. The van der Waals surface area contributed by atoms with Gasteiger partial charge in [-0.1, -0.05) is 26.0 Å². The van der Waals surface area contributed by atoms with Crippen LogP contribution in [0.3, 0.4) is 0 Å². The van der Waals surface area contributed by atoms with Crippen molar-refractivity contribution in [2.45, 2.75) is 46.3 Å². The molecular formula is C30H33F3N2O4. The molecule has 0 aliphatic carbocycles. The molecule has 3 aromatic rings. The van der Waals surface area contributed by atoms with Crippen molar-refractivity contribution in [3.05, 3.63) is 82.9 Å². The topological polar surface area (TPSA) is 87.7 Å². The second-order valence-electron chi connectivity index (χ2n) is 9.79. The van der Waals surface area contributed by atoms with Gasteiger partial charge in [-0.25, -0.2) is 0 Å². The number of carboxylic acid groups (broad SMARTS) is 1. The van der Waals surface area contributed by atoms with E-state index in [9.17, 15) is 22.8 Å². The second-order valence-corrected chi connectivity index (χ2v) is 9.79. The number of aliphatic carboxylic acids is 1. The van der Waals surface area contributed by atoms with Gasteiger partial charge in [-0.3, -0.25) is 9.59 Å². The van der Waals surface area contributed by atoms with E-state index in [0.29, 0.717) is 23.5 Å². The maximum atomic E-state index is 12.9. The Morgan fingerprint density at radius 1 is 0.949 bits per heavy atom. The molecule has 3 N–H and O–H groups in total. The molecule has 0 saturated carbocycles. The minimum absolute atomic E-state index is 0.0459. The first-order chi connectivity index (χ1) is 18.3. The van der Waals surface area contributed by atoms with Crippen molar-refractivity contribution in [3.63, 3.8) is 0 Å². The minimum atomic E-state index is -4.37. The van der Waals surface area contributed by atoms with E-state index in [0.717, 1.165) is 34.5 Å². The summed E-state index contributed by atoms with van der Waals surface area (Å²) in [7, 11) is 0. The highest BCUT2D eigenvalue weighted by molar-refractivity contribution is 5.94. The Hall–Kier alpha value is -4.01. The lowest BCUT2D eigenvalue weighted by Gasteiger charge is -2.24. The fourth-order valence-corrected chi connectivity index (χ4v) is 4.19. The molecule has 0 aromatic heterocycles. The van der Waals surface area contributed by atoms with Crippen molar-refractivity contribution in [2.75, 3.05) is 18.5 Å². The molecule has 1 amide bonds. The van der Waals surface area contributed by atoms with Gasteiger partial charge in [0.25, 0.3) is 5.91 Å². The number of ether oxygens (including phenoxy) is 1. The summed E-state index contributed by atoms with van der Waals surface area (Å²) in [5.74, 6) is -0.423. The number of amides is 1. The SMILES string of the molecule is Cc1cc(OCC(Nc2ccc(C(=O)NCCC(=O)O)cc2)C(C)C)cc(C)c1-c1ccc(C(F)(F)F)cc1. The van der Waals surface area contributed by atoms with Gasteiger partial charge in [0, 0.05) is 17.8 Å². The summed E-state index contributed by atoms with van der Waals surface area (Å²) in [5.41, 5.74) is 3.95. The number of carbonyl (C=O) groups excluding carboxylic acids is 1. The van der Waals surface area contributed by atoms with Crippen LogP contribution in [-0.2, 0) is 11.0 Å². The molecule has 3 rings (SSSR count). The lowest BCUT2D eigenvalue weighted by atomic mass is 9.94. The Morgan fingerprint density at radius 2 is 1.54 bits per heavy atom. The van der Waals surface area contributed by atoms with Gasteiger partial charge in [0.2, 0.25) is 0 Å². The van der Waals surface area contributed by atoms with E-state index in [1.165, 1.54) is 12.1 Å². The third-order valence-corrected chi connectivity index (χ3v) is 6.36. The van der Waals surface area contributed by atoms with E-state index < -0.39 is 17.7 Å². The number of anilines is 1. The van der Waals surface area contributed by atoms with Crippen LogP contribution in [0.4, 0.5) is 18.9 Å². The van der Waals surface area contributed by atoms with Gasteiger partial charge in [0.15, 0.2) is 0 Å². The maximum Gasteiger partial charge on any atom is 0.416 e. The molecule has 208 valence electrons. The van der Waals surface area contributed by atoms with Crippen LogP contribution in [0.15, 0.2) is 60.7 Å². The number of carbonyl (C=O) groups is 2. The Balaban J connectivity index is 1.64. The van der Waals surface area contributed by atoms with E-state index >= 15 is 0 Å². The average molecular weight is 543 g/mol. The predicted molar refractivity (Wildman–Crippen MR) is 145 cm³/mol. The highest BCUT2D eigenvalue weighted by Gasteiger charge is 2.30. The third kappa shape index (κ3) is 8.24. The summed E-state index contributed by atoms with van der Waals surface area (Å²) in [6.45, 7) is 8.37. The highest BCUT2D eigenvalue weighted by atomic mass is 19.4. The van der Waals surface area contributed by atoms with Gasteiger partial charge in [0.1, 0.15) is 12.4 Å². The molecule has 0 saturated heterocycles. The number of nitrogens with one attached hydrogen (secondary N) is 2. The van der Waals surface area contributed by atoms with Crippen molar-refractivity contribution in [1.29, 1.82) is 0 Å². The van der Waals surface area contributed by atoms with Crippen LogP contribution in [0.1, 0.15) is 47.3 Å². The quantitative estimate of drug-likeness (QED) is 0.251. The van der Waals surface area contributed by atoms with E-state index in [1.54, 1.807) is 24.3 Å². The Kier molecular flexibility index (Phi) is 9.61. The molecule has 0 spiro atoms. The van der Waals surface area contributed by atoms with Crippen molar-refractivity contribution < 1.29 is 32.6 Å². The number of carboxylic acids is 1. The number of benzene rings is 3. The normalized spacial score (nSPS) is 12.2. The van der Waals surface area contributed by atoms with Crippen LogP contribution in [-0.4, -0.2) is 36.2 Å². The first-order valence-electron chi connectivity index (χ1n) is 12.6. The zero-order chi connectivity index (χ0) is 28.7. The maximum absolute atomic E-state index is 12.9. The fourth-order valence-electron chi connectivity index (χ4n) is 4.19.